The topological polar surface area (TPSA) is 141 Å². The minimum atomic E-state index is -1.52. The molecular formula is C45H54N2O7. The number of ether oxygens (including phenoxy) is 2. The molecule has 3 aliphatic heterocycles. The molecule has 1 aromatic carbocycles. The van der Waals surface area contributed by atoms with Gasteiger partial charge in [-0.1, -0.05) is 86.7 Å². The predicted molar refractivity (Wildman–Crippen MR) is 206 cm³/mol. The van der Waals surface area contributed by atoms with E-state index in [2.05, 4.69) is 36.3 Å². The smallest absolute Gasteiger partial charge is 0.235 e. The van der Waals surface area contributed by atoms with Gasteiger partial charge in [-0.05, 0) is 69.1 Å². The zero-order valence-electron chi connectivity index (χ0n) is 31.9. The van der Waals surface area contributed by atoms with Crippen molar-refractivity contribution in [2.45, 2.75) is 89.9 Å². The number of hydrogen-bond donors (Lipinski definition) is 4. The van der Waals surface area contributed by atoms with E-state index < -0.39 is 64.7 Å². The molecular weight excluding hydrogens is 681 g/mol. The third-order valence-electron chi connectivity index (χ3n) is 14.0. The Kier molecular flexibility index (Phi) is 9.61. The second kappa shape index (κ2) is 14.0. The average molecular weight is 735 g/mol. The molecule has 4 heterocycles. The van der Waals surface area contributed by atoms with E-state index in [1.54, 1.807) is 6.92 Å². The Bertz CT molecular complexity index is 1970. The summed E-state index contributed by atoms with van der Waals surface area (Å²) in [5, 5.41) is 27.8. The third kappa shape index (κ3) is 5.68. The molecule has 9 nitrogen and oxygen atoms in total. The fourth-order valence-corrected chi connectivity index (χ4v) is 11.1. The number of Topliss-reactive ketones (excluding diaryl/α,β-unsaturated/α-hetero) is 2. The molecule has 1 saturated carbocycles. The highest BCUT2D eigenvalue weighted by Gasteiger charge is 2.79. The number of carbonyl (C=O) groups excluding carboxylic acids is 3. The molecule has 54 heavy (non-hydrogen) atoms. The van der Waals surface area contributed by atoms with Crippen LogP contribution in [0.3, 0.4) is 0 Å². The van der Waals surface area contributed by atoms with E-state index in [0.29, 0.717) is 18.4 Å². The summed E-state index contributed by atoms with van der Waals surface area (Å²) in [7, 11) is 0. The Hall–Kier alpha value is -3.89. The van der Waals surface area contributed by atoms with Gasteiger partial charge >= 0.3 is 0 Å². The van der Waals surface area contributed by atoms with Crippen molar-refractivity contribution in [2.75, 3.05) is 6.61 Å². The van der Waals surface area contributed by atoms with Crippen molar-refractivity contribution < 1.29 is 34.1 Å². The Labute approximate surface area is 317 Å². The number of para-hydroxylation sites is 1. The van der Waals surface area contributed by atoms with Crippen molar-refractivity contribution in [1.29, 1.82) is 0 Å². The summed E-state index contributed by atoms with van der Waals surface area (Å²) in [5.74, 6) is -5.22. The largest absolute Gasteiger partial charge is 0.390 e. The summed E-state index contributed by atoms with van der Waals surface area (Å²) < 4.78 is 12.9. The van der Waals surface area contributed by atoms with Crippen molar-refractivity contribution in [3.8, 4) is 0 Å². The molecule has 6 aliphatic rings. The summed E-state index contributed by atoms with van der Waals surface area (Å²) in [4.78, 5) is 49.3. The van der Waals surface area contributed by atoms with Crippen LogP contribution in [0, 0.1) is 52.8 Å². The number of allylic oxidation sites excluding steroid dienone is 6. The van der Waals surface area contributed by atoms with Crippen LogP contribution in [0.25, 0.3) is 10.9 Å². The van der Waals surface area contributed by atoms with E-state index in [0.717, 1.165) is 16.5 Å². The zero-order chi connectivity index (χ0) is 38.1. The first-order valence-corrected chi connectivity index (χ1v) is 19.8. The Morgan fingerprint density at radius 2 is 1.81 bits per heavy atom. The van der Waals surface area contributed by atoms with E-state index in [1.807, 2.05) is 86.9 Å². The van der Waals surface area contributed by atoms with Gasteiger partial charge in [0, 0.05) is 58.6 Å². The number of ketones is 2. The highest BCUT2D eigenvalue weighted by atomic mass is 16.6. The molecule has 0 bridgehead atoms. The number of rotatable bonds is 5. The maximum absolute atomic E-state index is 16.0. The van der Waals surface area contributed by atoms with Gasteiger partial charge in [0.1, 0.15) is 11.5 Å². The van der Waals surface area contributed by atoms with Gasteiger partial charge in [-0.3, -0.25) is 14.4 Å². The number of fused-ring (bicyclic) bond motifs is 4. The molecule has 1 aromatic heterocycles. The molecule has 15 atom stereocenters. The molecule has 0 unspecified atom stereocenters. The molecule has 3 aliphatic carbocycles. The van der Waals surface area contributed by atoms with Crippen LogP contribution in [0.5, 0.6) is 0 Å². The van der Waals surface area contributed by atoms with Gasteiger partial charge in [-0.2, -0.15) is 0 Å². The minimum absolute atomic E-state index is 0.0181. The van der Waals surface area contributed by atoms with Gasteiger partial charge < -0.3 is 30.0 Å². The molecule has 4 N–H and O–H groups in total. The first-order valence-electron chi connectivity index (χ1n) is 19.8. The number of aliphatic hydroxyl groups is 2. The van der Waals surface area contributed by atoms with Gasteiger partial charge in [-0.15, -0.1) is 0 Å². The van der Waals surface area contributed by atoms with Crippen molar-refractivity contribution >= 4 is 28.4 Å². The second-order valence-corrected chi connectivity index (χ2v) is 17.0. The zero-order valence-corrected chi connectivity index (χ0v) is 31.9. The SMILES string of the molecule is C/C=C/C=C/[C@@H]1CO[C@H]([C@@H]2C=CC[C@@H]3C(=O)[C@@]45C(=O)N[C@@H](Cc6c[nH]c7ccccc67)[C@@H]4[C@H](C)[C@@]4(C)O[C@H]4[C@@H]5/C=C/C[C@H](C)/C=C(\C)[C@@H](O)C(=O)[C@@H]23)[C@H]1O. The molecule has 1 amide bonds. The lowest BCUT2D eigenvalue weighted by Gasteiger charge is -2.49. The molecule has 8 rings (SSSR count). The molecule has 4 fully saturated rings. The first kappa shape index (κ1) is 37.1. The van der Waals surface area contributed by atoms with Gasteiger partial charge in [0.2, 0.25) is 5.91 Å². The fraction of sp³-hybridized carbons (Fsp3) is 0.533. The maximum atomic E-state index is 16.0. The lowest BCUT2D eigenvalue weighted by molar-refractivity contribution is -0.157. The van der Waals surface area contributed by atoms with E-state index in [-0.39, 0.29) is 54.6 Å². The van der Waals surface area contributed by atoms with E-state index in [1.165, 1.54) is 0 Å². The second-order valence-electron chi connectivity index (χ2n) is 17.0. The molecule has 1 spiro atoms. The summed E-state index contributed by atoms with van der Waals surface area (Å²) in [6.45, 7) is 10.2. The van der Waals surface area contributed by atoms with Crippen LogP contribution in [-0.4, -0.2) is 75.3 Å². The number of hydrogen-bond acceptors (Lipinski definition) is 7. The number of carbonyl (C=O) groups is 3. The first-order chi connectivity index (χ1) is 25.9. The maximum Gasteiger partial charge on any atom is 0.235 e. The van der Waals surface area contributed by atoms with Crippen LogP contribution in [0.1, 0.15) is 53.0 Å². The normalized spacial score (nSPS) is 45.1. The molecule has 3 saturated heterocycles. The highest BCUT2D eigenvalue weighted by molar-refractivity contribution is 6.11. The Morgan fingerprint density at radius 1 is 1.04 bits per heavy atom. The molecule has 0 radical (unpaired) electrons. The number of nitrogens with one attached hydrogen (secondary N) is 2. The van der Waals surface area contributed by atoms with Crippen molar-refractivity contribution in [1.82, 2.24) is 10.3 Å². The molecule has 2 aromatic rings. The van der Waals surface area contributed by atoms with Gasteiger partial charge in [0.25, 0.3) is 0 Å². The summed E-state index contributed by atoms with van der Waals surface area (Å²) in [5.41, 5.74) is 0.545. The monoisotopic (exact) mass is 734 g/mol. The quantitative estimate of drug-likeness (QED) is 0.136. The summed E-state index contributed by atoms with van der Waals surface area (Å²) in [6.07, 6.45) is 17.2. The van der Waals surface area contributed by atoms with Crippen LogP contribution in [0.2, 0.25) is 0 Å². The van der Waals surface area contributed by atoms with Crippen molar-refractivity contribution in [2.24, 2.45) is 52.8 Å². The van der Waals surface area contributed by atoms with Crippen LogP contribution in [0.15, 0.2) is 90.7 Å². The van der Waals surface area contributed by atoms with E-state index >= 15 is 9.59 Å². The Balaban J connectivity index is 1.26. The number of aliphatic hydroxyl groups excluding tert-OH is 2. The van der Waals surface area contributed by atoms with Gasteiger partial charge in [-0.25, -0.2) is 0 Å². The van der Waals surface area contributed by atoms with E-state index in [4.69, 9.17) is 9.47 Å². The number of amides is 1. The van der Waals surface area contributed by atoms with Crippen LogP contribution < -0.4 is 5.32 Å². The third-order valence-corrected chi connectivity index (χ3v) is 14.0. The van der Waals surface area contributed by atoms with E-state index in [9.17, 15) is 15.0 Å². The van der Waals surface area contributed by atoms with Gasteiger partial charge in [0.05, 0.1) is 30.5 Å². The fourth-order valence-electron chi connectivity index (χ4n) is 11.1. The van der Waals surface area contributed by atoms with Crippen LogP contribution in [-0.2, 0) is 30.3 Å². The number of H-pyrrole nitrogens is 1. The lowest BCUT2D eigenvalue weighted by atomic mass is 9.49. The minimum Gasteiger partial charge on any atom is -0.390 e. The molecule has 286 valence electrons. The standard InChI is InChI=1S/C45H54N2O7/c1-6-7-8-14-27-23-53-40(38(27)49)30-16-12-17-31-35(30)39(50)37(48)25(3)20-24(2)13-11-18-32-42-44(5,54-42)26(4)36-34(47-43(52)45(32,36)41(31)51)21-28-22-46-33-19-10-9-15-29(28)33/h6-12,14-16,18-20,22,24,26-27,30-32,34-38,40,42,46,48-49H,13,17,21,23H2,1-5H3,(H,47,52)/b7-6+,14-8+,18-11+,25-20+/t24-,26-,27+,30+,31-,32-,34-,35-,36-,37+,38-,40+,42-,44+,45-/m0/s1. The van der Waals surface area contributed by atoms with Gasteiger partial charge in [0.15, 0.2) is 11.6 Å². The molecule has 9 heteroatoms. The number of epoxide rings is 1. The Morgan fingerprint density at radius 3 is 2.61 bits per heavy atom. The lowest BCUT2D eigenvalue weighted by Crippen LogP contribution is -2.61. The van der Waals surface area contributed by atoms with Crippen LogP contribution >= 0.6 is 0 Å². The number of benzene rings is 1. The predicted octanol–water partition coefficient (Wildman–Crippen LogP) is 5.59. The summed E-state index contributed by atoms with van der Waals surface area (Å²) >= 11 is 0. The van der Waals surface area contributed by atoms with Crippen LogP contribution in [0.4, 0.5) is 0 Å². The average Bonchev–Trinajstić information content (AvgIpc) is 3.38. The van der Waals surface area contributed by atoms with Crippen molar-refractivity contribution in [3.63, 3.8) is 0 Å². The van der Waals surface area contributed by atoms with Crippen molar-refractivity contribution in [3.05, 3.63) is 96.3 Å². The number of aromatic amines is 1. The number of aromatic nitrogens is 1. The highest BCUT2D eigenvalue weighted by Crippen LogP contribution is 2.67. The summed E-state index contributed by atoms with van der Waals surface area (Å²) in [6, 6.07) is 7.72.